The van der Waals surface area contributed by atoms with Crippen LogP contribution in [-0.4, -0.2) is 52.0 Å². The molecular formula is C12H12ClN5O3. The van der Waals surface area contributed by atoms with Gasteiger partial charge in [0.2, 0.25) is 0 Å². The number of halogens is 1. The molecule has 1 saturated heterocycles. The van der Waals surface area contributed by atoms with Gasteiger partial charge in [0.05, 0.1) is 36.2 Å². The molecule has 1 amide bonds. The average Bonchev–Trinajstić information content (AvgIpc) is 3.04. The van der Waals surface area contributed by atoms with Gasteiger partial charge < -0.3 is 14.8 Å². The van der Waals surface area contributed by atoms with E-state index >= 15 is 0 Å². The van der Waals surface area contributed by atoms with Crippen molar-refractivity contribution in [3.8, 4) is 5.69 Å². The number of carbonyl (C=O) groups is 1. The summed E-state index contributed by atoms with van der Waals surface area (Å²) in [6, 6.07) is 5.08. The molecule has 1 atom stereocenters. The second-order valence-corrected chi connectivity index (χ2v) is 4.75. The normalized spacial score (nSPS) is 18.4. The number of anilines is 1. The van der Waals surface area contributed by atoms with Gasteiger partial charge in [0, 0.05) is 0 Å². The number of carbonyl (C=O) groups excluding carboxylic acids is 1. The van der Waals surface area contributed by atoms with Gasteiger partial charge >= 0.3 is 0 Å². The molecule has 1 fully saturated rings. The smallest absolute Gasteiger partial charge is 0.255 e. The SMILES string of the molecule is O=C(Nc1cc(-n2cnnn2)ccc1Cl)C1COCCO1. The van der Waals surface area contributed by atoms with Crippen LogP contribution >= 0.6 is 11.6 Å². The third-order valence-electron chi connectivity index (χ3n) is 2.93. The molecule has 0 spiro atoms. The van der Waals surface area contributed by atoms with Crippen LogP contribution < -0.4 is 5.32 Å². The molecule has 9 heteroatoms. The summed E-state index contributed by atoms with van der Waals surface area (Å²) in [7, 11) is 0. The first-order valence-electron chi connectivity index (χ1n) is 6.27. The number of amides is 1. The molecule has 1 aliphatic rings. The number of rotatable bonds is 3. The molecule has 1 N–H and O–H groups in total. The Balaban J connectivity index is 1.78. The van der Waals surface area contributed by atoms with Crippen LogP contribution in [0.2, 0.25) is 5.02 Å². The van der Waals surface area contributed by atoms with Crippen molar-refractivity contribution in [2.45, 2.75) is 6.10 Å². The molecule has 2 aromatic rings. The maximum absolute atomic E-state index is 12.1. The number of nitrogens with one attached hydrogen (secondary N) is 1. The first-order valence-corrected chi connectivity index (χ1v) is 6.65. The summed E-state index contributed by atoms with van der Waals surface area (Å²) in [5.41, 5.74) is 1.14. The Kier molecular flexibility index (Phi) is 4.09. The van der Waals surface area contributed by atoms with Crippen LogP contribution in [0.15, 0.2) is 24.5 Å². The Hall–Kier alpha value is -2.03. The van der Waals surface area contributed by atoms with Crippen molar-refractivity contribution in [2.24, 2.45) is 0 Å². The number of nitrogens with zero attached hydrogens (tertiary/aromatic N) is 4. The molecule has 0 aliphatic carbocycles. The van der Waals surface area contributed by atoms with Gasteiger partial charge in [0.25, 0.3) is 5.91 Å². The van der Waals surface area contributed by atoms with Crippen LogP contribution in [0.1, 0.15) is 0 Å². The Morgan fingerprint density at radius 2 is 2.33 bits per heavy atom. The summed E-state index contributed by atoms with van der Waals surface area (Å²) in [6.07, 6.45) is 0.818. The van der Waals surface area contributed by atoms with Crippen molar-refractivity contribution in [3.05, 3.63) is 29.5 Å². The lowest BCUT2D eigenvalue weighted by Gasteiger charge is -2.22. The lowest BCUT2D eigenvalue weighted by atomic mass is 10.2. The fraction of sp³-hybridized carbons (Fsp3) is 0.333. The van der Waals surface area contributed by atoms with Gasteiger partial charge in [-0.15, -0.1) is 5.10 Å². The van der Waals surface area contributed by atoms with Crippen molar-refractivity contribution < 1.29 is 14.3 Å². The molecule has 1 aromatic carbocycles. The number of ether oxygens (including phenoxy) is 2. The Morgan fingerprint density at radius 3 is 3.05 bits per heavy atom. The first-order chi connectivity index (χ1) is 10.2. The second kappa shape index (κ2) is 6.17. The van der Waals surface area contributed by atoms with Gasteiger partial charge in [-0.05, 0) is 28.6 Å². The van der Waals surface area contributed by atoms with Crippen LogP contribution in [-0.2, 0) is 14.3 Å². The van der Waals surface area contributed by atoms with Gasteiger partial charge in [0.1, 0.15) is 6.33 Å². The molecule has 1 aliphatic heterocycles. The van der Waals surface area contributed by atoms with E-state index in [2.05, 4.69) is 20.8 Å². The van der Waals surface area contributed by atoms with E-state index in [-0.39, 0.29) is 12.5 Å². The average molecular weight is 310 g/mol. The summed E-state index contributed by atoms with van der Waals surface area (Å²) in [6.45, 7) is 1.13. The Bertz CT molecular complexity index is 628. The third-order valence-corrected chi connectivity index (χ3v) is 3.26. The molecule has 0 bridgehead atoms. The summed E-state index contributed by atoms with van der Waals surface area (Å²) in [4.78, 5) is 12.1. The van der Waals surface area contributed by atoms with E-state index in [1.54, 1.807) is 18.2 Å². The van der Waals surface area contributed by atoms with E-state index < -0.39 is 6.10 Å². The van der Waals surface area contributed by atoms with Crippen molar-refractivity contribution in [1.29, 1.82) is 0 Å². The van der Waals surface area contributed by atoms with Gasteiger partial charge in [-0.25, -0.2) is 4.68 Å². The number of benzene rings is 1. The van der Waals surface area contributed by atoms with E-state index in [1.165, 1.54) is 11.0 Å². The lowest BCUT2D eigenvalue weighted by Crippen LogP contribution is -2.39. The maximum Gasteiger partial charge on any atom is 0.255 e. The van der Waals surface area contributed by atoms with Gasteiger partial charge in [-0.1, -0.05) is 11.6 Å². The van der Waals surface area contributed by atoms with Crippen molar-refractivity contribution in [2.75, 3.05) is 25.1 Å². The van der Waals surface area contributed by atoms with Gasteiger partial charge in [-0.3, -0.25) is 4.79 Å². The number of hydrogen-bond donors (Lipinski definition) is 1. The van der Waals surface area contributed by atoms with E-state index in [4.69, 9.17) is 21.1 Å². The number of tetrazole rings is 1. The van der Waals surface area contributed by atoms with Crippen molar-refractivity contribution in [3.63, 3.8) is 0 Å². The minimum absolute atomic E-state index is 0.232. The van der Waals surface area contributed by atoms with E-state index in [0.717, 1.165) is 0 Å². The fourth-order valence-corrected chi connectivity index (χ4v) is 2.05. The summed E-state index contributed by atoms with van der Waals surface area (Å²) in [5.74, 6) is -0.300. The van der Waals surface area contributed by atoms with Crippen LogP contribution in [0.3, 0.4) is 0 Å². The van der Waals surface area contributed by atoms with Gasteiger partial charge in [-0.2, -0.15) is 0 Å². The van der Waals surface area contributed by atoms with Crippen LogP contribution in [0.5, 0.6) is 0 Å². The molecule has 21 heavy (non-hydrogen) atoms. The van der Waals surface area contributed by atoms with E-state index in [0.29, 0.717) is 29.6 Å². The van der Waals surface area contributed by atoms with E-state index in [9.17, 15) is 4.79 Å². The van der Waals surface area contributed by atoms with Crippen molar-refractivity contribution in [1.82, 2.24) is 20.2 Å². The molecule has 1 unspecified atom stereocenters. The summed E-state index contributed by atoms with van der Waals surface area (Å²) < 4.78 is 12.0. The standard InChI is InChI=1S/C12H12ClN5O3/c13-9-2-1-8(18-7-14-16-17-18)5-10(9)15-12(19)11-6-20-3-4-21-11/h1-2,5,7,11H,3-4,6H2,(H,15,19). The predicted molar refractivity (Wildman–Crippen MR) is 73.4 cm³/mol. The van der Waals surface area contributed by atoms with Crippen LogP contribution in [0, 0.1) is 0 Å². The highest BCUT2D eigenvalue weighted by atomic mass is 35.5. The fourth-order valence-electron chi connectivity index (χ4n) is 1.88. The largest absolute Gasteiger partial charge is 0.376 e. The lowest BCUT2D eigenvalue weighted by molar-refractivity contribution is -0.142. The minimum atomic E-state index is -0.633. The minimum Gasteiger partial charge on any atom is -0.376 e. The highest BCUT2D eigenvalue weighted by Gasteiger charge is 2.23. The molecule has 110 valence electrons. The zero-order valence-electron chi connectivity index (χ0n) is 10.9. The zero-order chi connectivity index (χ0) is 14.7. The topological polar surface area (TPSA) is 91.2 Å². The summed E-state index contributed by atoms with van der Waals surface area (Å²) in [5, 5.41) is 14.0. The first kappa shape index (κ1) is 13.9. The quantitative estimate of drug-likeness (QED) is 0.896. The summed E-state index contributed by atoms with van der Waals surface area (Å²) >= 11 is 6.09. The molecular weight excluding hydrogens is 298 g/mol. The molecule has 0 saturated carbocycles. The monoisotopic (exact) mass is 309 g/mol. The Morgan fingerprint density at radius 1 is 1.43 bits per heavy atom. The molecule has 3 rings (SSSR count). The van der Waals surface area contributed by atoms with Gasteiger partial charge in [0.15, 0.2) is 6.10 Å². The predicted octanol–water partition coefficient (Wildman–Crippen LogP) is 0.670. The maximum atomic E-state index is 12.1. The number of aromatic nitrogens is 4. The molecule has 1 aromatic heterocycles. The molecule has 0 radical (unpaired) electrons. The second-order valence-electron chi connectivity index (χ2n) is 4.34. The van der Waals surface area contributed by atoms with Crippen LogP contribution in [0.25, 0.3) is 5.69 Å². The zero-order valence-corrected chi connectivity index (χ0v) is 11.7. The highest BCUT2D eigenvalue weighted by molar-refractivity contribution is 6.33. The highest BCUT2D eigenvalue weighted by Crippen LogP contribution is 2.24. The third kappa shape index (κ3) is 3.18. The van der Waals surface area contributed by atoms with Crippen molar-refractivity contribution >= 4 is 23.2 Å². The van der Waals surface area contributed by atoms with Crippen LogP contribution in [0.4, 0.5) is 5.69 Å². The Labute approximate surface area is 125 Å². The number of hydrogen-bond acceptors (Lipinski definition) is 6. The van der Waals surface area contributed by atoms with E-state index in [1.807, 2.05) is 0 Å². The molecule has 8 nitrogen and oxygen atoms in total. The molecule has 2 heterocycles.